The largest absolute Gasteiger partial charge is 0.481 e. The van der Waals surface area contributed by atoms with Crippen LogP contribution in [0, 0.1) is 13.8 Å². The van der Waals surface area contributed by atoms with Crippen LogP contribution in [0.5, 0.6) is 0 Å². The lowest BCUT2D eigenvalue weighted by Crippen LogP contribution is -2.42. The number of carboxylic acid groups (broad SMARTS) is 2. The molecule has 1 rings (SSSR count). The van der Waals surface area contributed by atoms with Gasteiger partial charge in [0.05, 0.1) is 12.0 Å². The van der Waals surface area contributed by atoms with Crippen LogP contribution in [-0.4, -0.2) is 34.1 Å². The number of hydrogen-bond donors (Lipinski definition) is 3. The van der Waals surface area contributed by atoms with Crippen LogP contribution in [0.4, 0.5) is 0 Å². The molecule has 0 aliphatic rings. The number of aryl methyl sites for hydroxylation is 2. The average Bonchev–Trinajstić information content (AvgIpc) is 2.56. The van der Waals surface area contributed by atoms with E-state index in [1.54, 1.807) is 13.0 Å². The van der Waals surface area contributed by atoms with E-state index in [0.29, 0.717) is 5.56 Å². The van der Waals surface area contributed by atoms with Crippen molar-refractivity contribution < 1.29 is 24.6 Å². The molecule has 98 valence electrons. The van der Waals surface area contributed by atoms with Gasteiger partial charge in [-0.25, -0.2) is 4.79 Å². The van der Waals surface area contributed by atoms with Crippen LogP contribution in [0.3, 0.4) is 0 Å². The highest BCUT2D eigenvalue weighted by Crippen LogP contribution is 2.20. The van der Waals surface area contributed by atoms with Crippen LogP contribution >= 0.6 is 11.3 Å². The molecule has 18 heavy (non-hydrogen) atoms. The molecule has 0 unspecified atom stereocenters. The molecule has 0 aliphatic heterocycles. The summed E-state index contributed by atoms with van der Waals surface area (Å²) in [4.78, 5) is 34.8. The number of amides is 1. The zero-order valence-corrected chi connectivity index (χ0v) is 10.7. The van der Waals surface area contributed by atoms with E-state index < -0.39 is 30.3 Å². The fourth-order valence-corrected chi connectivity index (χ4v) is 2.39. The Morgan fingerprint density at radius 1 is 1.33 bits per heavy atom. The molecule has 0 aliphatic carbocycles. The molecule has 0 aromatic carbocycles. The Labute approximate surface area is 107 Å². The van der Waals surface area contributed by atoms with Crippen molar-refractivity contribution in [2.45, 2.75) is 26.3 Å². The van der Waals surface area contributed by atoms with Crippen LogP contribution in [0.25, 0.3) is 0 Å². The van der Waals surface area contributed by atoms with Crippen LogP contribution in [-0.2, 0) is 9.59 Å². The predicted molar refractivity (Wildman–Crippen MR) is 64.9 cm³/mol. The van der Waals surface area contributed by atoms with Crippen molar-refractivity contribution in [3.8, 4) is 0 Å². The van der Waals surface area contributed by atoms with E-state index in [1.165, 1.54) is 11.3 Å². The number of hydrogen-bond acceptors (Lipinski definition) is 4. The molecule has 0 spiro atoms. The van der Waals surface area contributed by atoms with Gasteiger partial charge in [0.15, 0.2) is 0 Å². The van der Waals surface area contributed by atoms with Crippen molar-refractivity contribution in [1.29, 1.82) is 0 Å². The molecule has 0 fully saturated rings. The zero-order chi connectivity index (χ0) is 13.9. The quantitative estimate of drug-likeness (QED) is 0.741. The maximum atomic E-state index is 11.8. The van der Waals surface area contributed by atoms with Gasteiger partial charge < -0.3 is 15.5 Å². The fraction of sp³-hybridized carbons (Fsp3) is 0.364. The summed E-state index contributed by atoms with van der Waals surface area (Å²) in [5.74, 6) is -3.21. The van der Waals surface area contributed by atoms with Crippen molar-refractivity contribution in [2.75, 3.05) is 0 Å². The Balaban J connectivity index is 2.81. The first-order chi connectivity index (χ1) is 8.31. The first kappa shape index (κ1) is 14.2. The third-order valence-electron chi connectivity index (χ3n) is 2.27. The van der Waals surface area contributed by atoms with Gasteiger partial charge in [-0.3, -0.25) is 9.59 Å². The van der Waals surface area contributed by atoms with Crippen molar-refractivity contribution in [3.05, 3.63) is 21.4 Å². The molecule has 1 heterocycles. The van der Waals surface area contributed by atoms with E-state index in [1.807, 2.05) is 6.92 Å². The molecule has 0 saturated carbocycles. The summed E-state index contributed by atoms with van der Waals surface area (Å²) in [5, 5.41) is 19.6. The van der Waals surface area contributed by atoms with E-state index in [-0.39, 0.29) is 0 Å². The monoisotopic (exact) mass is 271 g/mol. The molecule has 3 N–H and O–H groups in total. The predicted octanol–water partition coefficient (Wildman–Crippen LogP) is 1.02. The normalized spacial score (nSPS) is 11.9. The second-order valence-corrected chi connectivity index (χ2v) is 5.25. The Kier molecular flexibility index (Phi) is 4.43. The summed E-state index contributed by atoms with van der Waals surface area (Å²) in [6.07, 6.45) is -0.650. The zero-order valence-electron chi connectivity index (χ0n) is 9.89. The summed E-state index contributed by atoms with van der Waals surface area (Å²) in [7, 11) is 0. The third-order valence-corrected chi connectivity index (χ3v) is 3.23. The van der Waals surface area contributed by atoms with Crippen molar-refractivity contribution in [1.82, 2.24) is 5.32 Å². The molecular formula is C11H13NO5S. The summed E-state index contributed by atoms with van der Waals surface area (Å²) in [5.41, 5.74) is 0.383. The standard InChI is InChI=1S/C11H13NO5S/c1-5-3-7(6(2)18-5)10(15)12-8(11(16)17)4-9(13)14/h3,8H,4H2,1-2H3,(H,12,15)(H,13,14)(H,16,17)/t8-/m0/s1. The van der Waals surface area contributed by atoms with Gasteiger partial charge >= 0.3 is 11.9 Å². The van der Waals surface area contributed by atoms with Gasteiger partial charge in [-0.05, 0) is 19.9 Å². The maximum absolute atomic E-state index is 11.8. The number of nitrogens with one attached hydrogen (secondary N) is 1. The topological polar surface area (TPSA) is 104 Å². The van der Waals surface area contributed by atoms with E-state index in [2.05, 4.69) is 5.32 Å². The third kappa shape index (κ3) is 3.56. The lowest BCUT2D eigenvalue weighted by atomic mass is 10.1. The molecule has 1 atom stereocenters. The Hall–Kier alpha value is -1.89. The number of carboxylic acids is 2. The summed E-state index contributed by atoms with van der Waals surface area (Å²) in [6, 6.07) is 0.226. The van der Waals surface area contributed by atoms with E-state index in [0.717, 1.165) is 9.75 Å². The minimum absolute atomic E-state index is 0.383. The van der Waals surface area contributed by atoms with Crippen molar-refractivity contribution in [3.63, 3.8) is 0 Å². The Morgan fingerprint density at radius 3 is 2.33 bits per heavy atom. The minimum atomic E-state index is -1.42. The lowest BCUT2D eigenvalue weighted by Gasteiger charge is -2.11. The highest BCUT2D eigenvalue weighted by molar-refractivity contribution is 7.12. The van der Waals surface area contributed by atoms with Gasteiger partial charge in [0.1, 0.15) is 6.04 Å². The molecule has 6 nitrogen and oxygen atoms in total. The van der Waals surface area contributed by atoms with Gasteiger partial charge in [-0.15, -0.1) is 11.3 Å². The van der Waals surface area contributed by atoms with Crippen LogP contribution < -0.4 is 5.32 Å². The number of thiophene rings is 1. The first-order valence-corrected chi connectivity index (χ1v) is 5.95. The van der Waals surface area contributed by atoms with Gasteiger partial charge in [0, 0.05) is 9.75 Å². The number of rotatable bonds is 5. The molecule has 0 bridgehead atoms. The molecule has 7 heteroatoms. The maximum Gasteiger partial charge on any atom is 0.326 e. The van der Waals surface area contributed by atoms with Crippen LogP contribution in [0.2, 0.25) is 0 Å². The molecular weight excluding hydrogens is 258 g/mol. The van der Waals surface area contributed by atoms with E-state index >= 15 is 0 Å². The second-order valence-electron chi connectivity index (χ2n) is 3.79. The summed E-state index contributed by atoms with van der Waals surface area (Å²) < 4.78 is 0. The van der Waals surface area contributed by atoms with Gasteiger partial charge in [0.2, 0.25) is 0 Å². The fourth-order valence-electron chi connectivity index (χ4n) is 1.47. The molecule has 1 aromatic heterocycles. The van der Waals surface area contributed by atoms with Crippen LogP contribution in [0.1, 0.15) is 26.5 Å². The Bertz CT molecular complexity index is 494. The SMILES string of the molecule is Cc1cc(C(=O)N[C@@H](CC(=O)O)C(=O)O)c(C)s1. The number of aliphatic carboxylic acids is 2. The Morgan fingerprint density at radius 2 is 1.94 bits per heavy atom. The van der Waals surface area contributed by atoms with Gasteiger partial charge in [-0.2, -0.15) is 0 Å². The number of carbonyl (C=O) groups excluding carboxylic acids is 1. The van der Waals surface area contributed by atoms with Crippen LogP contribution in [0.15, 0.2) is 6.07 Å². The first-order valence-electron chi connectivity index (χ1n) is 5.13. The van der Waals surface area contributed by atoms with E-state index in [9.17, 15) is 14.4 Å². The average molecular weight is 271 g/mol. The highest BCUT2D eigenvalue weighted by atomic mass is 32.1. The summed E-state index contributed by atoms with van der Waals surface area (Å²) >= 11 is 1.42. The van der Waals surface area contributed by atoms with Gasteiger partial charge in [0.25, 0.3) is 5.91 Å². The second kappa shape index (κ2) is 5.63. The van der Waals surface area contributed by atoms with Gasteiger partial charge in [-0.1, -0.05) is 0 Å². The molecule has 0 radical (unpaired) electrons. The highest BCUT2D eigenvalue weighted by Gasteiger charge is 2.24. The lowest BCUT2D eigenvalue weighted by molar-refractivity contribution is -0.145. The summed E-state index contributed by atoms with van der Waals surface area (Å²) in [6.45, 7) is 3.58. The molecule has 1 amide bonds. The molecule has 1 aromatic rings. The van der Waals surface area contributed by atoms with E-state index in [4.69, 9.17) is 10.2 Å². The molecule has 0 saturated heterocycles. The number of carbonyl (C=O) groups is 3. The minimum Gasteiger partial charge on any atom is -0.481 e. The van der Waals surface area contributed by atoms with Crippen molar-refractivity contribution >= 4 is 29.2 Å². The smallest absolute Gasteiger partial charge is 0.326 e. The van der Waals surface area contributed by atoms with Crippen molar-refractivity contribution in [2.24, 2.45) is 0 Å².